The average molecular weight is 268 g/mol. The van der Waals surface area contributed by atoms with Crippen molar-refractivity contribution in [3.05, 3.63) is 0 Å². The topological polar surface area (TPSA) is 60.9 Å². The van der Waals surface area contributed by atoms with E-state index in [0.29, 0.717) is 19.5 Å². The first-order valence-corrected chi connectivity index (χ1v) is 7.01. The number of rotatable bonds is 1. The molecular formula is C14H24N2O3. The largest absolute Gasteiger partial charge is 0.481 e. The number of piperidine rings is 1. The van der Waals surface area contributed by atoms with Crippen LogP contribution in [0.25, 0.3) is 0 Å². The summed E-state index contributed by atoms with van der Waals surface area (Å²) in [6.07, 6.45) is 2.72. The molecule has 2 aliphatic rings. The Kier molecular flexibility index (Phi) is 3.49. The number of nitrogens with zero attached hydrogens (tertiary/aromatic N) is 2. The smallest absolute Gasteiger partial charge is 0.320 e. The van der Waals surface area contributed by atoms with Crippen LogP contribution in [0.4, 0.5) is 4.79 Å². The van der Waals surface area contributed by atoms with Crippen LogP contribution in [-0.2, 0) is 4.79 Å². The minimum Gasteiger partial charge on any atom is -0.481 e. The molecule has 2 amide bonds. The fourth-order valence-electron chi connectivity index (χ4n) is 3.09. The van der Waals surface area contributed by atoms with E-state index in [1.165, 1.54) is 0 Å². The zero-order valence-corrected chi connectivity index (χ0v) is 12.1. The summed E-state index contributed by atoms with van der Waals surface area (Å²) in [5, 5.41) is 9.21. The molecule has 2 rings (SSSR count). The second-order valence-electron chi connectivity index (χ2n) is 7.01. The number of urea groups is 1. The van der Waals surface area contributed by atoms with Gasteiger partial charge in [0, 0.05) is 26.2 Å². The molecule has 2 aliphatic heterocycles. The standard InChI is InChI=1S/C14H24N2O3/c1-13(2)5-4-7-15(9-13)12(19)16-8-6-14(3,10-16)11(17)18/h4-10H2,1-3H3,(H,17,18). The maximum Gasteiger partial charge on any atom is 0.320 e. The highest BCUT2D eigenvalue weighted by Crippen LogP contribution is 2.33. The predicted octanol–water partition coefficient (Wildman–Crippen LogP) is 2.03. The van der Waals surface area contributed by atoms with Gasteiger partial charge in [0.1, 0.15) is 0 Å². The highest BCUT2D eigenvalue weighted by atomic mass is 16.4. The van der Waals surface area contributed by atoms with E-state index in [1.54, 1.807) is 11.8 Å². The Labute approximate surface area is 114 Å². The number of aliphatic carboxylic acids is 1. The number of likely N-dealkylation sites (tertiary alicyclic amines) is 2. The Hall–Kier alpha value is -1.26. The fraction of sp³-hybridized carbons (Fsp3) is 0.857. The lowest BCUT2D eigenvalue weighted by Crippen LogP contribution is -2.49. The first-order valence-electron chi connectivity index (χ1n) is 7.01. The van der Waals surface area contributed by atoms with Crippen molar-refractivity contribution in [2.45, 2.75) is 40.0 Å². The molecule has 108 valence electrons. The summed E-state index contributed by atoms with van der Waals surface area (Å²) >= 11 is 0. The Morgan fingerprint density at radius 3 is 2.16 bits per heavy atom. The fourth-order valence-corrected chi connectivity index (χ4v) is 3.09. The van der Waals surface area contributed by atoms with E-state index in [2.05, 4.69) is 13.8 Å². The molecule has 19 heavy (non-hydrogen) atoms. The number of hydrogen-bond donors (Lipinski definition) is 1. The van der Waals surface area contributed by atoms with Crippen LogP contribution in [0.15, 0.2) is 0 Å². The summed E-state index contributed by atoms with van der Waals surface area (Å²) in [5.74, 6) is -0.804. The zero-order valence-electron chi connectivity index (χ0n) is 12.1. The van der Waals surface area contributed by atoms with Gasteiger partial charge in [-0.05, 0) is 31.6 Å². The summed E-state index contributed by atoms with van der Waals surface area (Å²) in [7, 11) is 0. The van der Waals surface area contributed by atoms with Gasteiger partial charge < -0.3 is 14.9 Å². The molecule has 1 N–H and O–H groups in total. The number of carbonyl (C=O) groups is 2. The van der Waals surface area contributed by atoms with Crippen molar-refractivity contribution in [3.8, 4) is 0 Å². The molecule has 0 spiro atoms. The van der Waals surface area contributed by atoms with Crippen LogP contribution < -0.4 is 0 Å². The van der Waals surface area contributed by atoms with Gasteiger partial charge in [-0.2, -0.15) is 0 Å². The van der Waals surface area contributed by atoms with Gasteiger partial charge in [0.05, 0.1) is 5.41 Å². The Morgan fingerprint density at radius 2 is 1.63 bits per heavy atom. The van der Waals surface area contributed by atoms with Crippen molar-refractivity contribution in [1.29, 1.82) is 0 Å². The number of hydrogen-bond acceptors (Lipinski definition) is 2. The first kappa shape index (κ1) is 14.2. The lowest BCUT2D eigenvalue weighted by atomic mass is 9.84. The third kappa shape index (κ3) is 2.85. The Bertz CT molecular complexity index is 394. The van der Waals surface area contributed by atoms with Gasteiger partial charge in [-0.15, -0.1) is 0 Å². The Balaban J connectivity index is 2.00. The van der Waals surface area contributed by atoms with Crippen LogP contribution in [0.2, 0.25) is 0 Å². The molecule has 0 saturated carbocycles. The van der Waals surface area contributed by atoms with Gasteiger partial charge in [0.25, 0.3) is 0 Å². The van der Waals surface area contributed by atoms with Gasteiger partial charge in [-0.1, -0.05) is 13.8 Å². The molecule has 2 fully saturated rings. The van der Waals surface area contributed by atoms with Gasteiger partial charge >= 0.3 is 12.0 Å². The second kappa shape index (κ2) is 4.69. The van der Waals surface area contributed by atoms with Crippen LogP contribution in [0.1, 0.15) is 40.0 Å². The molecule has 5 nitrogen and oxygen atoms in total. The van der Waals surface area contributed by atoms with Crippen LogP contribution in [0.5, 0.6) is 0 Å². The molecule has 0 aliphatic carbocycles. The van der Waals surface area contributed by atoms with E-state index in [1.807, 2.05) is 4.90 Å². The second-order valence-corrected chi connectivity index (χ2v) is 7.01. The summed E-state index contributed by atoms with van der Waals surface area (Å²) in [6.45, 7) is 8.53. The molecule has 0 aromatic rings. The van der Waals surface area contributed by atoms with Gasteiger partial charge in [-0.3, -0.25) is 4.79 Å². The van der Waals surface area contributed by atoms with Crippen LogP contribution >= 0.6 is 0 Å². The van der Waals surface area contributed by atoms with Crippen LogP contribution in [0, 0.1) is 10.8 Å². The van der Waals surface area contributed by atoms with Crippen molar-refractivity contribution in [2.75, 3.05) is 26.2 Å². The van der Waals surface area contributed by atoms with Gasteiger partial charge in [0.2, 0.25) is 0 Å². The number of carboxylic acids is 1. The molecular weight excluding hydrogens is 244 g/mol. The number of carboxylic acid groups (broad SMARTS) is 1. The SMILES string of the molecule is CC1(C)CCCN(C(=O)N2CCC(C)(C(=O)O)C2)C1. The molecule has 1 unspecified atom stereocenters. The molecule has 2 saturated heterocycles. The summed E-state index contributed by atoms with van der Waals surface area (Å²) in [6, 6.07) is 0.0118. The molecule has 0 aromatic heterocycles. The minimum atomic E-state index is -0.804. The van der Waals surface area contributed by atoms with Crippen molar-refractivity contribution < 1.29 is 14.7 Å². The number of amides is 2. The predicted molar refractivity (Wildman–Crippen MR) is 71.9 cm³/mol. The van der Waals surface area contributed by atoms with Gasteiger partial charge in [0.15, 0.2) is 0 Å². The molecule has 1 atom stereocenters. The van der Waals surface area contributed by atoms with E-state index in [4.69, 9.17) is 0 Å². The minimum absolute atomic E-state index is 0.0118. The third-order valence-corrected chi connectivity index (χ3v) is 4.43. The van der Waals surface area contributed by atoms with E-state index in [-0.39, 0.29) is 11.4 Å². The van der Waals surface area contributed by atoms with Crippen molar-refractivity contribution in [1.82, 2.24) is 9.80 Å². The summed E-state index contributed by atoms with van der Waals surface area (Å²) in [4.78, 5) is 27.3. The summed E-state index contributed by atoms with van der Waals surface area (Å²) in [5.41, 5.74) is -0.606. The van der Waals surface area contributed by atoms with Crippen molar-refractivity contribution in [2.24, 2.45) is 10.8 Å². The molecule has 0 bridgehead atoms. The van der Waals surface area contributed by atoms with Gasteiger partial charge in [-0.25, -0.2) is 4.79 Å². The normalized spacial score (nSPS) is 30.5. The molecule has 2 heterocycles. The maximum atomic E-state index is 12.5. The average Bonchev–Trinajstić information content (AvgIpc) is 2.71. The zero-order chi connectivity index (χ0) is 14.3. The lowest BCUT2D eigenvalue weighted by Gasteiger charge is -2.39. The van der Waals surface area contributed by atoms with Crippen molar-refractivity contribution in [3.63, 3.8) is 0 Å². The Morgan fingerprint density at radius 1 is 1.00 bits per heavy atom. The first-order chi connectivity index (χ1) is 8.73. The maximum absolute atomic E-state index is 12.5. The van der Waals surface area contributed by atoms with E-state index < -0.39 is 11.4 Å². The van der Waals surface area contributed by atoms with E-state index in [9.17, 15) is 14.7 Å². The van der Waals surface area contributed by atoms with Crippen molar-refractivity contribution >= 4 is 12.0 Å². The van der Waals surface area contributed by atoms with E-state index in [0.717, 1.165) is 25.9 Å². The quantitative estimate of drug-likeness (QED) is 0.791. The summed E-state index contributed by atoms with van der Waals surface area (Å²) < 4.78 is 0. The molecule has 5 heteroatoms. The van der Waals surface area contributed by atoms with Crippen LogP contribution in [0.3, 0.4) is 0 Å². The van der Waals surface area contributed by atoms with E-state index >= 15 is 0 Å². The highest BCUT2D eigenvalue weighted by Gasteiger charge is 2.43. The van der Waals surface area contributed by atoms with Crippen LogP contribution in [-0.4, -0.2) is 53.1 Å². The highest BCUT2D eigenvalue weighted by molar-refractivity contribution is 5.79. The molecule has 0 aromatic carbocycles. The lowest BCUT2D eigenvalue weighted by molar-refractivity contribution is -0.147. The monoisotopic (exact) mass is 268 g/mol. The molecule has 0 radical (unpaired) electrons. The number of carbonyl (C=O) groups excluding carboxylic acids is 1. The third-order valence-electron chi connectivity index (χ3n) is 4.43.